The van der Waals surface area contributed by atoms with Crippen LogP contribution >= 0.6 is 15.9 Å². The molecule has 25 heavy (non-hydrogen) atoms. The van der Waals surface area contributed by atoms with E-state index in [9.17, 15) is 4.79 Å². The van der Waals surface area contributed by atoms with Crippen LogP contribution < -0.4 is 18.9 Å². The zero-order chi connectivity index (χ0) is 18.4. The van der Waals surface area contributed by atoms with Gasteiger partial charge in [-0.15, -0.1) is 0 Å². The van der Waals surface area contributed by atoms with Crippen LogP contribution in [0.25, 0.3) is 6.08 Å². The number of carbonyl (C=O) groups is 1. The highest BCUT2D eigenvalue weighted by molar-refractivity contribution is 9.10. The lowest BCUT2D eigenvalue weighted by molar-refractivity contribution is 0.104. The molecule has 132 valence electrons. The number of carbonyl (C=O) groups excluding carboxylic acids is 1. The first kappa shape index (κ1) is 18.9. The number of ether oxygens (including phenoxy) is 4. The topological polar surface area (TPSA) is 54.0 Å². The second-order valence-corrected chi connectivity index (χ2v) is 5.85. The fraction of sp³-hybridized carbons (Fsp3) is 0.211. The van der Waals surface area contributed by atoms with Gasteiger partial charge in [-0.2, -0.15) is 0 Å². The Bertz CT molecular complexity index is 799. The maximum atomic E-state index is 12.5. The molecule has 0 saturated heterocycles. The van der Waals surface area contributed by atoms with Crippen LogP contribution in [-0.4, -0.2) is 34.2 Å². The summed E-state index contributed by atoms with van der Waals surface area (Å²) in [5, 5.41) is 0. The molecule has 0 N–H and O–H groups in total. The number of hydrogen-bond acceptors (Lipinski definition) is 5. The molecule has 2 rings (SSSR count). The highest BCUT2D eigenvalue weighted by Gasteiger charge is 2.14. The lowest BCUT2D eigenvalue weighted by Gasteiger charge is -2.10. The molecule has 6 heteroatoms. The molecule has 0 radical (unpaired) electrons. The minimum Gasteiger partial charge on any atom is -0.493 e. The SMILES string of the molecule is COc1ccc(C=CC(=O)c2cc(OC)c(OC)cc2Br)cc1OC. The first-order chi connectivity index (χ1) is 12.0. The van der Waals surface area contributed by atoms with E-state index in [-0.39, 0.29) is 5.78 Å². The van der Waals surface area contributed by atoms with Crippen molar-refractivity contribution in [1.29, 1.82) is 0 Å². The third kappa shape index (κ3) is 4.33. The first-order valence-corrected chi connectivity index (χ1v) is 8.19. The summed E-state index contributed by atoms with van der Waals surface area (Å²) in [6.45, 7) is 0. The number of allylic oxidation sites excluding steroid dienone is 1. The highest BCUT2D eigenvalue weighted by Crippen LogP contribution is 2.34. The summed E-state index contributed by atoms with van der Waals surface area (Å²) in [5.74, 6) is 2.11. The second-order valence-electron chi connectivity index (χ2n) is 5.00. The molecule has 2 aromatic carbocycles. The van der Waals surface area contributed by atoms with Gasteiger partial charge in [0.15, 0.2) is 28.8 Å². The number of ketones is 1. The van der Waals surface area contributed by atoms with Gasteiger partial charge in [0.2, 0.25) is 0 Å². The van der Waals surface area contributed by atoms with Crippen molar-refractivity contribution in [1.82, 2.24) is 0 Å². The molecule has 0 aliphatic heterocycles. The van der Waals surface area contributed by atoms with Gasteiger partial charge in [0.05, 0.1) is 28.4 Å². The van der Waals surface area contributed by atoms with Crippen LogP contribution in [0.1, 0.15) is 15.9 Å². The molecule has 0 heterocycles. The lowest BCUT2D eigenvalue weighted by Crippen LogP contribution is -1.99. The average Bonchev–Trinajstić information content (AvgIpc) is 2.65. The summed E-state index contributed by atoms with van der Waals surface area (Å²) in [5.41, 5.74) is 1.30. The van der Waals surface area contributed by atoms with E-state index < -0.39 is 0 Å². The van der Waals surface area contributed by atoms with Crippen LogP contribution in [0.5, 0.6) is 23.0 Å². The molecule has 0 unspecified atom stereocenters. The molecular weight excluding hydrogens is 388 g/mol. The third-order valence-electron chi connectivity index (χ3n) is 3.57. The fourth-order valence-corrected chi connectivity index (χ4v) is 2.78. The maximum absolute atomic E-state index is 12.5. The van der Waals surface area contributed by atoms with Crippen molar-refractivity contribution >= 4 is 27.8 Å². The molecule has 0 aromatic heterocycles. The predicted octanol–water partition coefficient (Wildman–Crippen LogP) is 4.38. The quantitative estimate of drug-likeness (QED) is 0.504. The molecule has 0 atom stereocenters. The Morgan fingerprint density at radius 3 is 2.00 bits per heavy atom. The molecule has 5 nitrogen and oxygen atoms in total. The van der Waals surface area contributed by atoms with Crippen molar-refractivity contribution in [2.75, 3.05) is 28.4 Å². The van der Waals surface area contributed by atoms with Crippen LogP contribution in [0.15, 0.2) is 40.9 Å². The number of halogens is 1. The smallest absolute Gasteiger partial charge is 0.187 e. The second kappa shape index (κ2) is 8.58. The van der Waals surface area contributed by atoms with E-state index in [0.717, 1.165) is 5.56 Å². The van der Waals surface area contributed by atoms with E-state index in [2.05, 4.69) is 15.9 Å². The Kier molecular flexibility index (Phi) is 6.47. The van der Waals surface area contributed by atoms with E-state index in [1.54, 1.807) is 51.7 Å². The Morgan fingerprint density at radius 1 is 0.840 bits per heavy atom. The van der Waals surface area contributed by atoms with E-state index >= 15 is 0 Å². The molecular formula is C19H19BrO5. The Morgan fingerprint density at radius 2 is 1.40 bits per heavy atom. The van der Waals surface area contributed by atoms with Gasteiger partial charge in [-0.1, -0.05) is 12.1 Å². The van der Waals surface area contributed by atoms with Crippen molar-refractivity contribution in [3.05, 3.63) is 52.0 Å². The molecule has 0 spiro atoms. The monoisotopic (exact) mass is 406 g/mol. The summed E-state index contributed by atoms with van der Waals surface area (Å²) < 4.78 is 21.6. The first-order valence-electron chi connectivity index (χ1n) is 7.40. The van der Waals surface area contributed by atoms with E-state index in [4.69, 9.17) is 18.9 Å². The summed E-state index contributed by atoms with van der Waals surface area (Å²) >= 11 is 3.39. The van der Waals surface area contributed by atoms with Gasteiger partial charge in [-0.05, 0) is 51.8 Å². The van der Waals surface area contributed by atoms with Crippen LogP contribution in [0.2, 0.25) is 0 Å². The van der Waals surface area contributed by atoms with Crippen molar-refractivity contribution < 1.29 is 23.7 Å². The minimum absolute atomic E-state index is 0.164. The zero-order valence-electron chi connectivity index (χ0n) is 14.5. The number of rotatable bonds is 7. The fourth-order valence-electron chi connectivity index (χ4n) is 2.26. The van der Waals surface area contributed by atoms with Crippen LogP contribution in [0, 0.1) is 0 Å². The number of hydrogen-bond donors (Lipinski definition) is 0. The largest absolute Gasteiger partial charge is 0.493 e. The average molecular weight is 407 g/mol. The Hall–Kier alpha value is -2.47. The van der Waals surface area contributed by atoms with Crippen molar-refractivity contribution in [2.24, 2.45) is 0 Å². The molecule has 0 amide bonds. The van der Waals surface area contributed by atoms with Crippen LogP contribution in [-0.2, 0) is 0 Å². The molecule has 0 aliphatic rings. The van der Waals surface area contributed by atoms with E-state index in [0.29, 0.717) is 33.0 Å². The van der Waals surface area contributed by atoms with Crippen molar-refractivity contribution in [2.45, 2.75) is 0 Å². The molecule has 0 aliphatic carbocycles. The van der Waals surface area contributed by atoms with Gasteiger partial charge >= 0.3 is 0 Å². The highest BCUT2D eigenvalue weighted by atomic mass is 79.9. The van der Waals surface area contributed by atoms with Crippen LogP contribution in [0.3, 0.4) is 0 Å². The van der Waals surface area contributed by atoms with Gasteiger partial charge in [0.25, 0.3) is 0 Å². The zero-order valence-corrected chi connectivity index (χ0v) is 16.0. The van der Waals surface area contributed by atoms with Gasteiger partial charge in [-0.25, -0.2) is 0 Å². The number of methoxy groups -OCH3 is 4. The van der Waals surface area contributed by atoms with Gasteiger partial charge in [0.1, 0.15) is 0 Å². The minimum atomic E-state index is -0.164. The van der Waals surface area contributed by atoms with Crippen molar-refractivity contribution in [3.8, 4) is 23.0 Å². The molecule has 2 aromatic rings. The predicted molar refractivity (Wildman–Crippen MR) is 100 cm³/mol. The van der Waals surface area contributed by atoms with Crippen molar-refractivity contribution in [3.63, 3.8) is 0 Å². The third-order valence-corrected chi connectivity index (χ3v) is 4.23. The molecule has 0 fully saturated rings. The lowest BCUT2D eigenvalue weighted by atomic mass is 10.1. The van der Waals surface area contributed by atoms with Crippen LogP contribution in [0.4, 0.5) is 0 Å². The number of benzene rings is 2. The van der Waals surface area contributed by atoms with E-state index in [1.165, 1.54) is 13.2 Å². The Labute approximate surface area is 155 Å². The summed E-state index contributed by atoms with van der Waals surface area (Å²) in [6, 6.07) is 8.77. The van der Waals surface area contributed by atoms with Gasteiger partial charge < -0.3 is 18.9 Å². The molecule has 0 saturated carbocycles. The molecule has 0 bridgehead atoms. The van der Waals surface area contributed by atoms with Gasteiger partial charge in [-0.3, -0.25) is 4.79 Å². The summed E-state index contributed by atoms with van der Waals surface area (Å²) in [6.07, 6.45) is 3.21. The Balaban J connectivity index is 2.29. The maximum Gasteiger partial charge on any atom is 0.187 e. The van der Waals surface area contributed by atoms with E-state index in [1.807, 2.05) is 6.07 Å². The normalized spacial score (nSPS) is 10.6. The summed E-state index contributed by atoms with van der Waals surface area (Å²) in [7, 11) is 6.21. The van der Waals surface area contributed by atoms with Gasteiger partial charge in [0, 0.05) is 10.0 Å². The standard InChI is InChI=1S/C19H19BrO5/c1-22-16-8-6-12(9-17(16)23-2)5-7-15(21)13-10-18(24-3)19(25-4)11-14(13)20/h5-11H,1-4H3. The summed E-state index contributed by atoms with van der Waals surface area (Å²) in [4.78, 5) is 12.5.